The molecule has 0 saturated heterocycles. The fourth-order valence-electron chi connectivity index (χ4n) is 3.77. The summed E-state index contributed by atoms with van der Waals surface area (Å²) in [7, 11) is 0. The summed E-state index contributed by atoms with van der Waals surface area (Å²) < 4.78 is 0. The third-order valence-corrected chi connectivity index (χ3v) is 5.36. The van der Waals surface area contributed by atoms with Gasteiger partial charge < -0.3 is 5.32 Å². The van der Waals surface area contributed by atoms with Crippen LogP contribution in [-0.2, 0) is 4.79 Å². The summed E-state index contributed by atoms with van der Waals surface area (Å²) >= 11 is 0. The van der Waals surface area contributed by atoms with Crippen LogP contribution in [0.15, 0.2) is 124 Å². The first-order valence-electron chi connectivity index (χ1n) is 10.9. The van der Waals surface area contributed by atoms with E-state index >= 15 is 0 Å². The van der Waals surface area contributed by atoms with E-state index in [9.17, 15) is 4.79 Å². The standard InChI is InChI=1S/C28H21N5O/c1-19(34)29-27-18-28(25-11-7-3-6-10-24(25)27)33-31-22-15-13-21(14-16-22)30-32-26-17-12-20-8-4-2-5-9-23(20)26/h2-18H,1H3,(H,29,34). The van der Waals surface area contributed by atoms with Gasteiger partial charge in [-0.3, -0.25) is 4.79 Å². The number of carbonyl (C=O) groups is 1. The van der Waals surface area contributed by atoms with Gasteiger partial charge in [-0.15, -0.1) is 10.2 Å². The van der Waals surface area contributed by atoms with Gasteiger partial charge in [0.2, 0.25) is 5.91 Å². The maximum atomic E-state index is 11.6. The highest BCUT2D eigenvalue weighted by Gasteiger charge is 2.15. The number of anilines is 1. The predicted molar refractivity (Wildman–Crippen MR) is 135 cm³/mol. The summed E-state index contributed by atoms with van der Waals surface area (Å²) in [4.78, 5) is 11.6. The zero-order valence-electron chi connectivity index (χ0n) is 18.5. The Morgan fingerprint density at radius 2 is 1.18 bits per heavy atom. The molecule has 4 aliphatic rings. The molecule has 0 aromatic heterocycles. The van der Waals surface area contributed by atoms with Crippen LogP contribution in [0.1, 0.15) is 6.92 Å². The number of azo groups is 2. The Bertz CT molecular complexity index is 1460. The lowest BCUT2D eigenvalue weighted by Crippen LogP contribution is -2.05. The summed E-state index contributed by atoms with van der Waals surface area (Å²) in [5, 5.41) is 20.5. The van der Waals surface area contributed by atoms with Crippen molar-refractivity contribution in [3.63, 3.8) is 0 Å². The van der Waals surface area contributed by atoms with Gasteiger partial charge in [0.05, 0.1) is 28.4 Å². The minimum absolute atomic E-state index is 0.129. The van der Waals surface area contributed by atoms with Crippen LogP contribution in [0.3, 0.4) is 0 Å². The minimum atomic E-state index is -0.129. The number of hydrogen-bond acceptors (Lipinski definition) is 5. The van der Waals surface area contributed by atoms with E-state index in [1.54, 1.807) is 0 Å². The molecule has 1 aromatic carbocycles. The molecule has 0 spiro atoms. The summed E-state index contributed by atoms with van der Waals surface area (Å²) in [6, 6.07) is 33.1. The maximum absolute atomic E-state index is 11.6. The highest BCUT2D eigenvalue weighted by molar-refractivity contribution is 5.99. The van der Waals surface area contributed by atoms with Crippen molar-refractivity contribution >= 4 is 34.3 Å². The van der Waals surface area contributed by atoms with Crippen LogP contribution >= 0.6 is 0 Å². The van der Waals surface area contributed by atoms with Crippen molar-refractivity contribution in [2.45, 2.75) is 6.92 Å². The second kappa shape index (κ2) is 9.42. The van der Waals surface area contributed by atoms with E-state index in [2.05, 4.69) is 31.8 Å². The largest absolute Gasteiger partial charge is 0.326 e. The normalized spacial score (nSPS) is 11.6. The second-order valence-electron chi connectivity index (χ2n) is 7.78. The highest BCUT2D eigenvalue weighted by atomic mass is 16.1. The van der Waals surface area contributed by atoms with Gasteiger partial charge in [-0.25, -0.2) is 0 Å². The third kappa shape index (κ3) is 4.56. The molecule has 1 aromatic rings. The SMILES string of the molecule is CC(=O)Nc1cc(N=Nc2ccc(N=Nc3ccc4cccccc3-4)cc2)c2cccccc1-2. The number of rotatable bonds is 5. The Kier molecular flexibility index (Phi) is 5.86. The van der Waals surface area contributed by atoms with Gasteiger partial charge in [0.15, 0.2) is 0 Å². The first-order valence-corrected chi connectivity index (χ1v) is 10.9. The molecule has 0 radical (unpaired) electrons. The molecular weight excluding hydrogens is 422 g/mol. The molecule has 0 unspecified atom stereocenters. The fraction of sp³-hybridized carbons (Fsp3) is 0.0357. The Morgan fingerprint density at radius 1 is 0.588 bits per heavy atom. The monoisotopic (exact) mass is 443 g/mol. The van der Waals surface area contributed by atoms with Crippen molar-refractivity contribution < 1.29 is 4.79 Å². The molecule has 1 N–H and O–H groups in total. The Labute approximate surface area is 197 Å². The van der Waals surface area contributed by atoms with E-state index in [0.717, 1.165) is 39.3 Å². The first-order chi connectivity index (χ1) is 16.7. The van der Waals surface area contributed by atoms with Crippen molar-refractivity contribution in [3.8, 4) is 22.3 Å². The van der Waals surface area contributed by atoms with E-state index in [1.165, 1.54) is 6.92 Å². The summed E-state index contributed by atoms with van der Waals surface area (Å²) in [5.74, 6) is -0.129. The molecule has 6 heteroatoms. The zero-order valence-corrected chi connectivity index (χ0v) is 18.5. The zero-order chi connectivity index (χ0) is 23.3. The lowest BCUT2D eigenvalue weighted by Gasteiger charge is -2.00. The molecule has 0 aliphatic heterocycles. The van der Waals surface area contributed by atoms with E-state index in [-0.39, 0.29) is 5.91 Å². The molecule has 164 valence electrons. The van der Waals surface area contributed by atoms with Gasteiger partial charge in [0, 0.05) is 23.6 Å². The molecular formula is C28H21N5O. The molecule has 0 atom stereocenters. The van der Waals surface area contributed by atoms with Crippen LogP contribution in [0.25, 0.3) is 22.3 Å². The van der Waals surface area contributed by atoms with Crippen LogP contribution in [0.4, 0.5) is 28.4 Å². The number of fused-ring (bicyclic) bond motifs is 2. The maximum Gasteiger partial charge on any atom is 0.221 e. The van der Waals surface area contributed by atoms with Crippen molar-refractivity contribution in [3.05, 3.63) is 103 Å². The summed E-state index contributed by atoms with van der Waals surface area (Å²) in [6.07, 6.45) is 0. The minimum Gasteiger partial charge on any atom is -0.326 e. The van der Waals surface area contributed by atoms with Crippen LogP contribution in [0.5, 0.6) is 0 Å². The Balaban J connectivity index is 1.35. The molecule has 6 nitrogen and oxygen atoms in total. The van der Waals surface area contributed by atoms with E-state index in [4.69, 9.17) is 0 Å². The predicted octanol–water partition coefficient (Wildman–Crippen LogP) is 8.69. The molecule has 0 saturated carbocycles. The van der Waals surface area contributed by atoms with Gasteiger partial charge >= 0.3 is 0 Å². The van der Waals surface area contributed by atoms with Crippen molar-refractivity contribution in [2.75, 3.05) is 5.32 Å². The fourth-order valence-corrected chi connectivity index (χ4v) is 3.77. The molecule has 0 heterocycles. The van der Waals surface area contributed by atoms with E-state index < -0.39 is 0 Å². The highest BCUT2D eigenvalue weighted by Crippen LogP contribution is 2.41. The van der Waals surface area contributed by atoms with E-state index in [1.807, 2.05) is 97.1 Å². The van der Waals surface area contributed by atoms with Crippen LogP contribution in [0, 0.1) is 0 Å². The van der Waals surface area contributed by atoms with Crippen LogP contribution < -0.4 is 5.32 Å². The summed E-state index contributed by atoms with van der Waals surface area (Å²) in [5.41, 5.74) is 7.69. The lowest BCUT2D eigenvalue weighted by atomic mass is 10.1. The molecule has 0 bridgehead atoms. The lowest BCUT2D eigenvalue weighted by molar-refractivity contribution is -0.114. The second-order valence-corrected chi connectivity index (χ2v) is 7.78. The number of nitrogens with one attached hydrogen (secondary N) is 1. The van der Waals surface area contributed by atoms with Crippen molar-refractivity contribution in [2.24, 2.45) is 20.5 Å². The first kappa shape index (κ1) is 21.2. The molecule has 4 aliphatic carbocycles. The number of nitrogens with zero attached hydrogens (tertiary/aromatic N) is 4. The van der Waals surface area contributed by atoms with E-state index in [0.29, 0.717) is 11.4 Å². The molecule has 5 rings (SSSR count). The average Bonchev–Trinajstić information content (AvgIpc) is 3.13. The topological polar surface area (TPSA) is 78.5 Å². The van der Waals surface area contributed by atoms with Crippen molar-refractivity contribution in [1.29, 1.82) is 0 Å². The van der Waals surface area contributed by atoms with Gasteiger partial charge in [-0.05, 0) is 42.0 Å². The van der Waals surface area contributed by atoms with Gasteiger partial charge in [0.1, 0.15) is 0 Å². The number of benzene rings is 1. The molecule has 0 fully saturated rings. The smallest absolute Gasteiger partial charge is 0.221 e. The Hall–Kier alpha value is -4.71. The average molecular weight is 444 g/mol. The number of hydrogen-bond donors (Lipinski definition) is 1. The summed E-state index contributed by atoms with van der Waals surface area (Å²) in [6.45, 7) is 1.49. The van der Waals surface area contributed by atoms with Crippen LogP contribution in [-0.4, -0.2) is 5.91 Å². The van der Waals surface area contributed by atoms with Crippen LogP contribution in [0.2, 0.25) is 0 Å². The Morgan fingerprint density at radius 3 is 1.85 bits per heavy atom. The van der Waals surface area contributed by atoms with Gasteiger partial charge in [0.25, 0.3) is 0 Å². The van der Waals surface area contributed by atoms with Gasteiger partial charge in [-0.1, -0.05) is 66.7 Å². The quantitative estimate of drug-likeness (QED) is 0.271. The van der Waals surface area contributed by atoms with Crippen molar-refractivity contribution in [1.82, 2.24) is 0 Å². The third-order valence-electron chi connectivity index (χ3n) is 5.36. The molecule has 1 amide bonds. The molecule has 34 heavy (non-hydrogen) atoms. The van der Waals surface area contributed by atoms with Gasteiger partial charge in [-0.2, -0.15) is 10.2 Å². The number of carbonyl (C=O) groups excluding carboxylic acids is 1. The number of amides is 1.